The maximum absolute atomic E-state index is 5.37. The molecule has 24 heavy (non-hydrogen) atoms. The summed E-state index contributed by atoms with van der Waals surface area (Å²) in [5.41, 5.74) is 1.06. The van der Waals surface area contributed by atoms with Gasteiger partial charge in [-0.05, 0) is 23.8 Å². The molecule has 0 spiro atoms. The van der Waals surface area contributed by atoms with Crippen molar-refractivity contribution < 1.29 is 14.2 Å². The van der Waals surface area contributed by atoms with Crippen LogP contribution in [0.15, 0.2) is 30.5 Å². The quantitative estimate of drug-likeness (QED) is 0.868. The Labute approximate surface area is 141 Å². The monoisotopic (exact) mass is 330 g/mol. The van der Waals surface area contributed by atoms with E-state index in [1.807, 2.05) is 24.3 Å². The number of hydrogen-bond donors (Lipinski definition) is 1. The molecule has 1 aromatic heterocycles. The van der Waals surface area contributed by atoms with Crippen molar-refractivity contribution in [2.45, 2.75) is 6.54 Å². The smallest absolute Gasteiger partial charge is 0.224 e. The van der Waals surface area contributed by atoms with Crippen LogP contribution in [0.3, 0.4) is 0 Å². The normalized spacial score (nSPS) is 14.3. The van der Waals surface area contributed by atoms with E-state index in [1.54, 1.807) is 20.4 Å². The first-order chi connectivity index (χ1) is 11.8. The van der Waals surface area contributed by atoms with E-state index in [2.05, 4.69) is 20.2 Å². The number of hydrogen-bond acceptors (Lipinski definition) is 7. The molecule has 0 bridgehead atoms. The molecular formula is C17H22N4O3. The Morgan fingerprint density at radius 2 is 1.92 bits per heavy atom. The highest BCUT2D eigenvalue weighted by molar-refractivity contribution is 5.45. The number of nitrogens with zero attached hydrogens (tertiary/aromatic N) is 3. The van der Waals surface area contributed by atoms with Gasteiger partial charge in [0.05, 0.1) is 27.4 Å². The lowest BCUT2D eigenvalue weighted by molar-refractivity contribution is 0.122. The Kier molecular flexibility index (Phi) is 5.32. The number of aromatic nitrogens is 2. The van der Waals surface area contributed by atoms with E-state index >= 15 is 0 Å². The van der Waals surface area contributed by atoms with Gasteiger partial charge in [-0.25, -0.2) is 4.98 Å². The van der Waals surface area contributed by atoms with Gasteiger partial charge in [-0.15, -0.1) is 0 Å². The molecule has 7 heteroatoms. The molecule has 1 fully saturated rings. The summed E-state index contributed by atoms with van der Waals surface area (Å²) < 4.78 is 16.0. The van der Waals surface area contributed by atoms with Crippen LogP contribution in [-0.2, 0) is 11.3 Å². The second-order valence-corrected chi connectivity index (χ2v) is 5.38. The fourth-order valence-electron chi connectivity index (χ4n) is 2.57. The van der Waals surface area contributed by atoms with Gasteiger partial charge in [-0.2, -0.15) is 4.98 Å². The fourth-order valence-corrected chi connectivity index (χ4v) is 2.57. The van der Waals surface area contributed by atoms with Crippen molar-refractivity contribution in [2.75, 3.05) is 50.7 Å². The van der Waals surface area contributed by atoms with Gasteiger partial charge in [0.25, 0.3) is 0 Å². The SMILES string of the molecule is COc1ccc(CNc2nccc(N3CCOCC3)n2)cc1OC. The number of rotatable bonds is 6. The molecule has 1 saturated heterocycles. The van der Waals surface area contributed by atoms with Gasteiger partial charge in [0, 0.05) is 25.8 Å². The van der Waals surface area contributed by atoms with Crippen LogP contribution in [0.25, 0.3) is 0 Å². The molecule has 128 valence electrons. The molecule has 3 rings (SSSR count). The van der Waals surface area contributed by atoms with E-state index in [4.69, 9.17) is 14.2 Å². The average molecular weight is 330 g/mol. The Morgan fingerprint density at radius 1 is 1.12 bits per heavy atom. The van der Waals surface area contributed by atoms with Crippen LogP contribution < -0.4 is 19.7 Å². The standard InChI is InChI=1S/C17H22N4O3/c1-22-14-4-3-13(11-15(14)23-2)12-19-17-18-6-5-16(20-17)21-7-9-24-10-8-21/h3-6,11H,7-10,12H2,1-2H3,(H,18,19,20). The van der Waals surface area contributed by atoms with Gasteiger partial charge in [0.15, 0.2) is 11.5 Å². The van der Waals surface area contributed by atoms with Crippen molar-refractivity contribution >= 4 is 11.8 Å². The summed E-state index contributed by atoms with van der Waals surface area (Å²) in [6.07, 6.45) is 1.77. The third-order valence-corrected chi connectivity index (χ3v) is 3.87. The van der Waals surface area contributed by atoms with E-state index in [0.717, 1.165) is 37.7 Å². The topological polar surface area (TPSA) is 68.7 Å². The van der Waals surface area contributed by atoms with Gasteiger partial charge >= 0.3 is 0 Å². The molecule has 0 aliphatic carbocycles. The predicted octanol–water partition coefficient (Wildman–Crippen LogP) is 1.94. The van der Waals surface area contributed by atoms with Crippen molar-refractivity contribution in [2.24, 2.45) is 0 Å². The number of morpholine rings is 1. The summed E-state index contributed by atoms with van der Waals surface area (Å²) in [5.74, 6) is 2.95. The van der Waals surface area contributed by atoms with E-state index < -0.39 is 0 Å². The van der Waals surface area contributed by atoms with Crippen LogP contribution in [0.5, 0.6) is 11.5 Å². The molecule has 2 heterocycles. The maximum atomic E-state index is 5.37. The van der Waals surface area contributed by atoms with Gasteiger partial charge in [0.1, 0.15) is 5.82 Å². The fraction of sp³-hybridized carbons (Fsp3) is 0.412. The van der Waals surface area contributed by atoms with Crippen molar-refractivity contribution in [3.63, 3.8) is 0 Å². The highest BCUT2D eigenvalue weighted by Crippen LogP contribution is 2.27. The van der Waals surface area contributed by atoms with Crippen molar-refractivity contribution in [3.05, 3.63) is 36.0 Å². The summed E-state index contributed by atoms with van der Waals surface area (Å²) in [4.78, 5) is 11.1. The van der Waals surface area contributed by atoms with Gasteiger partial charge < -0.3 is 24.4 Å². The Morgan fingerprint density at radius 3 is 2.67 bits per heavy atom. The van der Waals surface area contributed by atoms with Crippen molar-refractivity contribution in [3.8, 4) is 11.5 Å². The van der Waals surface area contributed by atoms with Crippen LogP contribution in [-0.4, -0.2) is 50.5 Å². The van der Waals surface area contributed by atoms with E-state index in [1.165, 1.54) is 0 Å². The largest absolute Gasteiger partial charge is 0.493 e. The van der Waals surface area contributed by atoms with E-state index in [0.29, 0.717) is 24.0 Å². The van der Waals surface area contributed by atoms with Crippen LogP contribution in [0.1, 0.15) is 5.56 Å². The second-order valence-electron chi connectivity index (χ2n) is 5.38. The molecule has 0 unspecified atom stereocenters. The summed E-state index contributed by atoms with van der Waals surface area (Å²) in [6.45, 7) is 3.78. The van der Waals surface area contributed by atoms with Gasteiger partial charge in [-0.1, -0.05) is 6.07 Å². The lowest BCUT2D eigenvalue weighted by Gasteiger charge is -2.27. The van der Waals surface area contributed by atoms with Gasteiger partial charge in [0.2, 0.25) is 5.95 Å². The lowest BCUT2D eigenvalue weighted by atomic mass is 10.2. The predicted molar refractivity (Wildman–Crippen MR) is 91.9 cm³/mol. The molecule has 0 saturated carbocycles. The molecule has 1 aromatic carbocycles. The van der Waals surface area contributed by atoms with Crippen LogP contribution in [0, 0.1) is 0 Å². The van der Waals surface area contributed by atoms with E-state index in [9.17, 15) is 0 Å². The van der Waals surface area contributed by atoms with Crippen LogP contribution in [0.4, 0.5) is 11.8 Å². The third kappa shape index (κ3) is 3.86. The molecule has 2 aromatic rings. The molecule has 0 amide bonds. The zero-order chi connectivity index (χ0) is 16.8. The number of anilines is 2. The highest BCUT2D eigenvalue weighted by Gasteiger charge is 2.13. The Hall–Kier alpha value is -2.54. The minimum absolute atomic E-state index is 0.604. The third-order valence-electron chi connectivity index (χ3n) is 3.87. The molecule has 1 N–H and O–H groups in total. The molecule has 0 radical (unpaired) electrons. The van der Waals surface area contributed by atoms with Crippen LogP contribution >= 0.6 is 0 Å². The first-order valence-electron chi connectivity index (χ1n) is 7.90. The lowest BCUT2D eigenvalue weighted by Crippen LogP contribution is -2.36. The second kappa shape index (κ2) is 7.83. The molecule has 1 aliphatic rings. The Balaban J connectivity index is 1.66. The molecule has 7 nitrogen and oxygen atoms in total. The number of ether oxygens (including phenoxy) is 3. The molecular weight excluding hydrogens is 308 g/mol. The average Bonchev–Trinajstić information content (AvgIpc) is 2.67. The van der Waals surface area contributed by atoms with Crippen LogP contribution in [0.2, 0.25) is 0 Å². The zero-order valence-electron chi connectivity index (χ0n) is 14.0. The molecule has 0 atom stereocenters. The minimum Gasteiger partial charge on any atom is -0.493 e. The first kappa shape index (κ1) is 16.3. The summed E-state index contributed by atoms with van der Waals surface area (Å²) in [7, 11) is 3.25. The zero-order valence-corrected chi connectivity index (χ0v) is 14.0. The number of nitrogens with one attached hydrogen (secondary N) is 1. The first-order valence-corrected chi connectivity index (χ1v) is 7.90. The Bertz CT molecular complexity index is 675. The number of methoxy groups -OCH3 is 2. The maximum Gasteiger partial charge on any atom is 0.224 e. The minimum atomic E-state index is 0.604. The number of benzene rings is 1. The van der Waals surface area contributed by atoms with Gasteiger partial charge in [-0.3, -0.25) is 0 Å². The summed E-state index contributed by atoms with van der Waals surface area (Å²) >= 11 is 0. The summed E-state index contributed by atoms with van der Waals surface area (Å²) in [5, 5.41) is 3.25. The summed E-state index contributed by atoms with van der Waals surface area (Å²) in [6, 6.07) is 7.74. The van der Waals surface area contributed by atoms with E-state index in [-0.39, 0.29) is 0 Å². The van der Waals surface area contributed by atoms with Crippen molar-refractivity contribution in [1.82, 2.24) is 9.97 Å². The van der Waals surface area contributed by atoms with Crippen molar-refractivity contribution in [1.29, 1.82) is 0 Å². The highest BCUT2D eigenvalue weighted by atomic mass is 16.5. The molecule has 1 aliphatic heterocycles.